The summed E-state index contributed by atoms with van der Waals surface area (Å²) in [6, 6.07) is 24.4. The van der Waals surface area contributed by atoms with E-state index in [1.165, 1.54) is 4.31 Å². The Morgan fingerprint density at radius 1 is 0.864 bits per heavy atom. The topological polar surface area (TPSA) is 90.4 Å². The van der Waals surface area contributed by atoms with Crippen molar-refractivity contribution in [1.29, 1.82) is 0 Å². The normalized spacial score (nSPS) is 15.6. The molecule has 1 aliphatic heterocycles. The molecule has 0 aromatic heterocycles. The average molecular weight is 622 g/mol. The number of benzene rings is 3. The molecule has 3 aromatic carbocycles. The summed E-state index contributed by atoms with van der Waals surface area (Å²) in [6.45, 7) is 13.2. The maximum absolute atomic E-state index is 13.4. The lowest BCUT2D eigenvalue weighted by Gasteiger charge is -2.30. The molecule has 44 heavy (non-hydrogen) atoms. The lowest BCUT2D eigenvalue weighted by Crippen LogP contribution is -2.40. The zero-order valence-corrected chi connectivity index (χ0v) is 27.3. The number of fused-ring (bicyclic) bond motifs is 1. The first-order valence-electron chi connectivity index (χ1n) is 15.6. The van der Waals surface area contributed by atoms with Gasteiger partial charge >= 0.3 is 5.97 Å². The Morgan fingerprint density at radius 3 is 2.32 bits per heavy atom. The number of carbonyl (C=O) groups is 1. The monoisotopic (exact) mass is 621 g/mol. The van der Waals surface area contributed by atoms with E-state index in [9.17, 15) is 18.3 Å². The molecule has 1 N–H and O–H groups in total. The van der Waals surface area contributed by atoms with Gasteiger partial charge < -0.3 is 14.7 Å². The molecular formula is C35H47N3O5S. The number of ether oxygens (including phenoxy) is 1. The molecule has 1 heterocycles. The van der Waals surface area contributed by atoms with Gasteiger partial charge in [-0.1, -0.05) is 82.3 Å². The summed E-state index contributed by atoms with van der Waals surface area (Å²) in [5.41, 5.74) is 5.06. The van der Waals surface area contributed by atoms with Crippen LogP contribution in [0.5, 0.6) is 5.75 Å². The first kappa shape index (κ1) is 33.5. The van der Waals surface area contributed by atoms with Crippen LogP contribution in [0.4, 0.5) is 5.69 Å². The van der Waals surface area contributed by atoms with Crippen LogP contribution in [0.1, 0.15) is 45.2 Å². The number of hydrogen-bond acceptors (Lipinski definition) is 6. The van der Waals surface area contributed by atoms with Crippen LogP contribution in [-0.4, -0.2) is 73.8 Å². The van der Waals surface area contributed by atoms with Crippen LogP contribution in [0.3, 0.4) is 0 Å². The Balaban J connectivity index is 1.73. The fourth-order valence-corrected chi connectivity index (χ4v) is 6.74. The number of carboxylic acid groups (broad SMARTS) is 1. The van der Waals surface area contributed by atoms with Crippen LogP contribution in [0.15, 0.2) is 72.8 Å². The van der Waals surface area contributed by atoms with Crippen molar-refractivity contribution >= 4 is 21.7 Å². The van der Waals surface area contributed by atoms with Crippen molar-refractivity contribution in [3.8, 4) is 16.9 Å². The Kier molecular flexibility index (Phi) is 11.8. The van der Waals surface area contributed by atoms with Gasteiger partial charge in [0.15, 0.2) is 5.75 Å². The van der Waals surface area contributed by atoms with E-state index >= 15 is 0 Å². The van der Waals surface area contributed by atoms with Crippen LogP contribution in [-0.2, 0) is 27.9 Å². The maximum Gasteiger partial charge on any atom is 0.320 e. The highest BCUT2D eigenvalue weighted by Crippen LogP contribution is 2.32. The summed E-state index contributed by atoms with van der Waals surface area (Å²) >= 11 is 0. The molecule has 0 atom stereocenters. The minimum Gasteiger partial charge on any atom is -0.493 e. The van der Waals surface area contributed by atoms with E-state index in [1.54, 1.807) is 0 Å². The third kappa shape index (κ3) is 9.81. The van der Waals surface area contributed by atoms with Crippen molar-refractivity contribution in [3.63, 3.8) is 0 Å². The number of carboxylic acids is 1. The zero-order chi connectivity index (χ0) is 31.7. The number of sulfonamides is 1. The SMILES string of the molecule is CC(C)COc1cccc(-c2ccc3c(c2)N(CC(C)C)CCCN(Cc2ccccc2)CCN(S(=O)(=O)CC(=O)O)C3)c1. The first-order valence-corrected chi connectivity index (χ1v) is 17.2. The Hall–Kier alpha value is -3.40. The molecule has 0 bridgehead atoms. The second-order valence-corrected chi connectivity index (χ2v) is 14.5. The standard InChI is InChI=1S/C35H47N3O5S/c1-27(2)22-37-17-9-16-36(23-29-10-6-5-7-11-29)18-19-38(44(41,42)26-35(39)40)24-32-15-14-31(21-34(32)37)30-12-8-13-33(20-30)43-25-28(3)4/h5-8,10-15,20-21,27-28H,9,16-19,22-26H2,1-4H3,(H,39,40). The van der Waals surface area contributed by atoms with Gasteiger partial charge in [0.05, 0.1) is 6.61 Å². The highest BCUT2D eigenvalue weighted by Gasteiger charge is 2.28. The van der Waals surface area contributed by atoms with E-state index in [2.05, 4.69) is 61.8 Å². The van der Waals surface area contributed by atoms with Crippen LogP contribution in [0.2, 0.25) is 0 Å². The Bertz CT molecular complexity index is 1480. The lowest BCUT2D eigenvalue weighted by atomic mass is 10.0. The Morgan fingerprint density at radius 2 is 1.61 bits per heavy atom. The van der Waals surface area contributed by atoms with E-state index in [0.717, 1.165) is 59.7 Å². The van der Waals surface area contributed by atoms with Gasteiger partial charge in [-0.05, 0) is 58.7 Å². The van der Waals surface area contributed by atoms with Crippen LogP contribution in [0, 0.1) is 11.8 Å². The van der Waals surface area contributed by atoms with Crippen LogP contribution < -0.4 is 9.64 Å². The van der Waals surface area contributed by atoms with Gasteiger partial charge in [-0.15, -0.1) is 0 Å². The number of anilines is 1. The molecular weight excluding hydrogens is 574 g/mol. The van der Waals surface area contributed by atoms with Crippen LogP contribution in [0.25, 0.3) is 11.1 Å². The van der Waals surface area contributed by atoms with Crippen molar-refractivity contribution in [2.45, 2.75) is 47.2 Å². The van der Waals surface area contributed by atoms with E-state index < -0.39 is 21.7 Å². The van der Waals surface area contributed by atoms with Gasteiger partial charge in [0.1, 0.15) is 5.75 Å². The first-order chi connectivity index (χ1) is 21.0. The summed E-state index contributed by atoms with van der Waals surface area (Å²) in [4.78, 5) is 16.2. The Labute approximate surface area is 263 Å². The summed E-state index contributed by atoms with van der Waals surface area (Å²) in [6.07, 6.45) is 0.906. The minimum atomic E-state index is -4.05. The molecule has 238 valence electrons. The minimum absolute atomic E-state index is 0.108. The molecule has 0 aliphatic carbocycles. The number of hydrogen-bond donors (Lipinski definition) is 1. The smallest absolute Gasteiger partial charge is 0.320 e. The predicted octanol–water partition coefficient (Wildman–Crippen LogP) is 5.97. The summed E-state index contributed by atoms with van der Waals surface area (Å²) < 4.78 is 34.2. The largest absolute Gasteiger partial charge is 0.493 e. The van der Waals surface area contributed by atoms with Gasteiger partial charge in [-0.25, -0.2) is 8.42 Å². The summed E-state index contributed by atoms with van der Waals surface area (Å²) in [5, 5.41) is 9.45. The molecule has 0 spiro atoms. The summed E-state index contributed by atoms with van der Waals surface area (Å²) in [5.74, 6) is -0.663. The second-order valence-electron chi connectivity index (χ2n) is 12.5. The third-order valence-electron chi connectivity index (χ3n) is 7.63. The number of aliphatic carboxylic acids is 1. The molecule has 8 nitrogen and oxygen atoms in total. The van der Waals surface area contributed by atoms with Gasteiger partial charge in [0, 0.05) is 51.5 Å². The summed E-state index contributed by atoms with van der Waals surface area (Å²) in [7, 11) is -4.05. The van der Waals surface area contributed by atoms with Crippen molar-refractivity contribution < 1.29 is 23.1 Å². The van der Waals surface area contributed by atoms with Crippen molar-refractivity contribution in [2.24, 2.45) is 11.8 Å². The average Bonchev–Trinajstić information content (AvgIpc) is 3.00. The van der Waals surface area contributed by atoms with E-state index in [-0.39, 0.29) is 13.1 Å². The molecule has 0 unspecified atom stereocenters. The fraction of sp³-hybridized carbons (Fsp3) is 0.457. The number of nitrogens with zero attached hydrogens (tertiary/aromatic N) is 3. The second kappa shape index (κ2) is 15.5. The van der Waals surface area contributed by atoms with Crippen molar-refractivity contribution in [3.05, 3.63) is 83.9 Å². The molecule has 0 saturated heterocycles. The highest BCUT2D eigenvalue weighted by atomic mass is 32.2. The van der Waals surface area contributed by atoms with Gasteiger partial charge in [-0.2, -0.15) is 4.31 Å². The fourth-order valence-electron chi connectivity index (χ4n) is 5.55. The molecule has 0 saturated carbocycles. The molecule has 0 fully saturated rings. The van der Waals surface area contributed by atoms with Gasteiger partial charge in [0.2, 0.25) is 10.0 Å². The quantitative estimate of drug-likeness (QED) is 0.282. The van der Waals surface area contributed by atoms with E-state index in [0.29, 0.717) is 31.5 Å². The maximum atomic E-state index is 13.4. The molecule has 3 aromatic rings. The van der Waals surface area contributed by atoms with E-state index in [4.69, 9.17) is 4.74 Å². The van der Waals surface area contributed by atoms with Crippen LogP contribution >= 0.6 is 0 Å². The molecule has 4 rings (SSSR count). The molecule has 9 heteroatoms. The molecule has 0 amide bonds. The lowest BCUT2D eigenvalue weighted by molar-refractivity contribution is -0.134. The molecule has 1 aliphatic rings. The van der Waals surface area contributed by atoms with E-state index in [1.807, 2.05) is 48.5 Å². The van der Waals surface area contributed by atoms with Crippen molar-refractivity contribution in [2.75, 3.05) is 50.0 Å². The molecule has 0 radical (unpaired) electrons. The predicted molar refractivity (Wildman–Crippen MR) is 177 cm³/mol. The van der Waals surface area contributed by atoms with Gasteiger partial charge in [0.25, 0.3) is 0 Å². The third-order valence-corrected chi connectivity index (χ3v) is 9.34. The number of rotatable bonds is 11. The van der Waals surface area contributed by atoms with Gasteiger partial charge in [-0.3, -0.25) is 9.69 Å². The zero-order valence-electron chi connectivity index (χ0n) is 26.5. The van der Waals surface area contributed by atoms with Crippen molar-refractivity contribution in [1.82, 2.24) is 9.21 Å². The highest BCUT2D eigenvalue weighted by molar-refractivity contribution is 7.89.